The van der Waals surface area contributed by atoms with E-state index in [-0.39, 0.29) is 0 Å². The van der Waals surface area contributed by atoms with Gasteiger partial charge in [-0.1, -0.05) is 18.2 Å². The smallest absolute Gasteiger partial charge is 0.0641 e. The zero-order valence-corrected chi connectivity index (χ0v) is 8.14. The summed E-state index contributed by atoms with van der Waals surface area (Å²) in [5.41, 5.74) is 1.26. The molecule has 0 spiro atoms. The van der Waals surface area contributed by atoms with Crippen LogP contribution in [0.3, 0.4) is 0 Å². The number of hydrogen-bond donors (Lipinski definition) is 1. The molecule has 1 aromatic heterocycles. The van der Waals surface area contributed by atoms with Crippen LogP contribution in [0.25, 0.3) is 10.1 Å². The van der Waals surface area contributed by atoms with Crippen LogP contribution in [0.15, 0.2) is 29.4 Å². The largest absolute Gasteiger partial charge is 0.323 e. The summed E-state index contributed by atoms with van der Waals surface area (Å²) in [7, 11) is 0. The molecule has 0 atom stereocenters. The number of nitrogens with two attached hydrogens (primary N) is 1. The molecule has 66 valence electrons. The highest BCUT2D eigenvalue weighted by atomic mass is 32.1. The molecule has 0 amide bonds. The minimum Gasteiger partial charge on any atom is -0.323 e. The zero-order chi connectivity index (χ0) is 9.26. The summed E-state index contributed by atoms with van der Waals surface area (Å²) >= 11 is 1.72. The summed E-state index contributed by atoms with van der Waals surface area (Å²) in [6, 6.07) is 8.32. The quantitative estimate of drug-likeness (QED) is 0.419. The van der Waals surface area contributed by atoms with E-state index in [0.717, 1.165) is 4.88 Å². The lowest BCUT2D eigenvalue weighted by atomic mass is 10.1. The molecule has 1 aromatic carbocycles. The maximum atomic E-state index is 5.13. The van der Waals surface area contributed by atoms with E-state index in [0.29, 0.717) is 0 Å². The van der Waals surface area contributed by atoms with Crippen molar-refractivity contribution in [2.24, 2.45) is 10.9 Å². The number of hydrazone groups is 1. The molecule has 1 heterocycles. The Morgan fingerprint density at radius 2 is 2.15 bits per heavy atom. The van der Waals surface area contributed by atoms with Crippen LogP contribution in [-0.4, -0.2) is 6.21 Å². The van der Waals surface area contributed by atoms with Crippen molar-refractivity contribution in [2.45, 2.75) is 6.92 Å². The number of aryl methyl sites for hydroxylation is 1. The van der Waals surface area contributed by atoms with Crippen molar-refractivity contribution in [3.63, 3.8) is 0 Å². The van der Waals surface area contributed by atoms with Gasteiger partial charge in [0.15, 0.2) is 0 Å². The van der Waals surface area contributed by atoms with E-state index in [9.17, 15) is 0 Å². The third-order valence-electron chi connectivity index (χ3n) is 2.07. The Balaban J connectivity index is 2.73. The van der Waals surface area contributed by atoms with Crippen molar-refractivity contribution >= 4 is 27.6 Å². The fourth-order valence-corrected chi connectivity index (χ4v) is 2.48. The number of thiophene rings is 1. The summed E-state index contributed by atoms with van der Waals surface area (Å²) in [6.45, 7) is 2.09. The van der Waals surface area contributed by atoms with E-state index in [1.165, 1.54) is 15.6 Å². The van der Waals surface area contributed by atoms with Gasteiger partial charge in [0.1, 0.15) is 0 Å². The molecule has 2 aromatic rings. The van der Waals surface area contributed by atoms with Crippen LogP contribution in [0.2, 0.25) is 0 Å². The summed E-state index contributed by atoms with van der Waals surface area (Å²) in [5, 5.41) is 4.84. The van der Waals surface area contributed by atoms with Gasteiger partial charge in [-0.25, -0.2) is 0 Å². The molecule has 0 aliphatic heterocycles. The lowest BCUT2D eigenvalue weighted by Gasteiger charge is -1.89. The average molecular weight is 190 g/mol. The average Bonchev–Trinajstić information content (AvgIpc) is 2.46. The van der Waals surface area contributed by atoms with Crippen LogP contribution in [0.4, 0.5) is 0 Å². The highest BCUT2D eigenvalue weighted by molar-refractivity contribution is 7.20. The monoisotopic (exact) mass is 190 g/mol. The van der Waals surface area contributed by atoms with Gasteiger partial charge in [-0.2, -0.15) is 5.10 Å². The van der Waals surface area contributed by atoms with E-state index in [1.807, 2.05) is 12.1 Å². The Morgan fingerprint density at radius 3 is 2.85 bits per heavy atom. The molecule has 2 N–H and O–H groups in total. The Kier molecular flexibility index (Phi) is 2.02. The van der Waals surface area contributed by atoms with Crippen molar-refractivity contribution in [3.8, 4) is 0 Å². The van der Waals surface area contributed by atoms with Gasteiger partial charge < -0.3 is 5.84 Å². The van der Waals surface area contributed by atoms with Crippen molar-refractivity contribution < 1.29 is 0 Å². The number of nitrogens with zero attached hydrogens (tertiary/aromatic N) is 1. The number of benzene rings is 1. The Labute approximate surface area is 80.7 Å². The first-order valence-corrected chi connectivity index (χ1v) is 4.86. The minimum absolute atomic E-state index is 1.14. The first-order chi connectivity index (χ1) is 6.33. The molecule has 0 aliphatic rings. The first-order valence-electron chi connectivity index (χ1n) is 4.04. The second-order valence-electron chi connectivity index (χ2n) is 2.87. The highest BCUT2D eigenvalue weighted by Gasteiger charge is 2.04. The van der Waals surface area contributed by atoms with Gasteiger partial charge in [0.25, 0.3) is 0 Å². The first kappa shape index (κ1) is 8.26. The second kappa shape index (κ2) is 3.18. The lowest BCUT2D eigenvalue weighted by Crippen LogP contribution is -1.84. The van der Waals surface area contributed by atoms with E-state index < -0.39 is 0 Å². The molecule has 0 bridgehead atoms. The van der Waals surface area contributed by atoms with Crippen molar-refractivity contribution in [3.05, 3.63) is 34.7 Å². The van der Waals surface area contributed by atoms with Crippen molar-refractivity contribution in [1.29, 1.82) is 0 Å². The molecule has 0 unspecified atom stereocenters. The fourth-order valence-electron chi connectivity index (χ4n) is 1.38. The van der Waals surface area contributed by atoms with Gasteiger partial charge in [0.2, 0.25) is 0 Å². The maximum Gasteiger partial charge on any atom is 0.0641 e. The number of fused-ring (bicyclic) bond motifs is 1. The summed E-state index contributed by atoms with van der Waals surface area (Å²) in [4.78, 5) is 1.14. The Morgan fingerprint density at radius 1 is 1.38 bits per heavy atom. The highest BCUT2D eigenvalue weighted by Crippen LogP contribution is 2.28. The molecule has 2 rings (SSSR count). The third kappa shape index (κ3) is 1.31. The van der Waals surface area contributed by atoms with Crippen LogP contribution in [0.5, 0.6) is 0 Å². The van der Waals surface area contributed by atoms with Gasteiger partial charge in [-0.3, -0.25) is 0 Å². The maximum absolute atomic E-state index is 5.13. The van der Waals surface area contributed by atoms with Crippen molar-refractivity contribution in [1.82, 2.24) is 0 Å². The molecule has 0 saturated carbocycles. The normalized spacial score (nSPS) is 11.5. The molecular formula is C10H10N2S. The van der Waals surface area contributed by atoms with Crippen LogP contribution < -0.4 is 5.84 Å². The molecule has 0 saturated heterocycles. The summed E-state index contributed by atoms with van der Waals surface area (Å²) < 4.78 is 1.29. The topological polar surface area (TPSA) is 38.4 Å². The van der Waals surface area contributed by atoms with Gasteiger partial charge in [0.05, 0.1) is 11.1 Å². The van der Waals surface area contributed by atoms with Gasteiger partial charge in [-0.15, -0.1) is 11.3 Å². The predicted molar refractivity (Wildman–Crippen MR) is 58.3 cm³/mol. The molecule has 13 heavy (non-hydrogen) atoms. The summed E-state index contributed by atoms with van der Waals surface area (Å²) in [5.74, 6) is 5.13. The van der Waals surface area contributed by atoms with E-state index in [1.54, 1.807) is 17.6 Å². The van der Waals surface area contributed by atoms with E-state index >= 15 is 0 Å². The van der Waals surface area contributed by atoms with E-state index in [4.69, 9.17) is 5.84 Å². The third-order valence-corrected chi connectivity index (χ3v) is 3.28. The van der Waals surface area contributed by atoms with Crippen LogP contribution >= 0.6 is 11.3 Å². The number of rotatable bonds is 1. The molecule has 0 fully saturated rings. The fraction of sp³-hybridized carbons (Fsp3) is 0.100. The Bertz CT molecular complexity index is 457. The molecule has 3 heteroatoms. The van der Waals surface area contributed by atoms with Crippen LogP contribution in [0, 0.1) is 6.92 Å². The second-order valence-corrected chi connectivity index (χ2v) is 3.95. The lowest BCUT2D eigenvalue weighted by molar-refractivity contribution is 1.26. The van der Waals surface area contributed by atoms with Crippen LogP contribution in [-0.2, 0) is 0 Å². The van der Waals surface area contributed by atoms with Gasteiger partial charge in [-0.05, 0) is 23.9 Å². The molecule has 2 nitrogen and oxygen atoms in total. The zero-order valence-electron chi connectivity index (χ0n) is 7.32. The predicted octanol–water partition coefficient (Wildman–Crippen LogP) is 2.50. The molecule has 0 radical (unpaired) electrons. The van der Waals surface area contributed by atoms with Gasteiger partial charge in [0, 0.05) is 4.70 Å². The minimum atomic E-state index is 1.14. The van der Waals surface area contributed by atoms with E-state index in [2.05, 4.69) is 24.2 Å². The molecule has 0 aliphatic carbocycles. The van der Waals surface area contributed by atoms with Crippen LogP contribution in [0.1, 0.15) is 10.4 Å². The van der Waals surface area contributed by atoms with Crippen molar-refractivity contribution in [2.75, 3.05) is 0 Å². The summed E-state index contributed by atoms with van der Waals surface area (Å²) in [6.07, 6.45) is 1.71. The molecular weight excluding hydrogens is 180 g/mol. The van der Waals surface area contributed by atoms with Gasteiger partial charge >= 0.3 is 0 Å². The standard InChI is InChI=1S/C10H10N2S/c1-7-8-4-2-3-5-9(8)13-10(7)6-12-11/h2-6H,11H2,1H3. The number of hydrogen-bond acceptors (Lipinski definition) is 3. The Hall–Kier alpha value is -1.35. The SMILES string of the molecule is Cc1c(C=NN)sc2ccccc12.